The number of aliphatic hydroxyl groups is 1. The van der Waals surface area contributed by atoms with Crippen LogP contribution >= 0.6 is 0 Å². The van der Waals surface area contributed by atoms with Crippen LogP contribution in [0.1, 0.15) is 17.0 Å². The van der Waals surface area contributed by atoms with Gasteiger partial charge in [0, 0.05) is 30.9 Å². The number of hydrogen-bond acceptors (Lipinski definition) is 4. The predicted molar refractivity (Wildman–Crippen MR) is 64.9 cm³/mol. The lowest BCUT2D eigenvalue weighted by atomic mass is 10.2. The fraction of sp³-hybridized carbons (Fsp3) is 0.750. The van der Waals surface area contributed by atoms with Crippen molar-refractivity contribution in [3.8, 4) is 0 Å². The summed E-state index contributed by atoms with van der Waals surface area (Å²) in [5, 5.41) is 13.7. The molecule has 0 spiro atoms. The van der Waals surface area contributed by atoms with E-state index in [4.69, 9.17) is 4.74 Å². The number of aliphatic hydroxyl groups excluding tert-OH is 1. The highest BCUT2D eigenvalue weighted by Crippen LogP contribution is 2.12. The monoisotopic (exact) mass is 239 g/mol. The van der Waals surface area contributed by atoms with E-state index in [-0.39, 0.29) is 6.61 Å². The Morgan fingerprint density at radius 1 is 1.24 bits per heavy atom. The van der Waals surface area contributed by atoms with Gasteiger partial charge in [-0.25, -0.2) is 0 Å². The van der Waals surface area contributed by atoms with Gasteiger partial charge in [0.25, 0.3) is 0 Å². The van der Waals surface area contributed by atoms with Crippen molar-refractivity contribution in [2.75, 3.05) is 32.8 Å². The molecule has 1 aromatic heterocycles. The van der Waals surface area contributed by atoms with E-state index < -0.39 is 0 Å². The number of ether oxygens (including phenoxy) is 1. The minimum absolute atomic E-state index is 0.0786. The summed E-state index contributed by atoms with van der Waals surface area (Å²) in [4.78, 5) is 2.39. The van der Waals surface area contributed by atoms with E-state index >= 15 is 0 Å². The Morgan fingerprint density at radius 2 is 1.94 bits per heavy atom. The van der Waals surface area contributed by atoms with E-state index in [0.717, 1.165) is 56.3 Å². The van der Waals surface area contributed by atoms with Crippen LogP contribution < -0.4 is 0 Å². The minimum Gasteiger partial charge on any atom is -0.392 e. The van der Waals surface area contributed by atoms with Gasteiger partial charge in [0.15, 0.2) is 0 Å². The van der Waals surface area contributed by atoms with E-state index in [1.165, 1.54) is 0 Å². The molecule has 0 radical (unpaired) electrons. The highest BCUT2D eigenvalue weighted by Gasteiger charge is 2.13. The lowest BCUT2D eigenvalue weighted by Gasteiger charge is -2.26. The Bertz CT molecular complexity index is 370. The molecule has 17 heavy (non-hydrogen) atoms. The van der Waals surface area contributed by atoms with Gasteiger partial charge >= 0.3 is 0 Å². The molecule has 1 aromatic rings. The second kappa shape index (κ2) is 5.62. The molecule has 0 amide bonds. The molecule has 0 aliphatic carbocycles. The lowest BCUT2D eigenvalue weighted by Crippen LogP contribution is -2.38. The van der Waals surface area contributed by atoms with Crippen molar-refractivity contribution in [2.24, 2.45) is 0 Å². The first-order valence-electron chi connectivity index (χ1n) is 6.16. The van der Waals surface area contributed by atoms with Crippen molar-refractivity contribution >= 4 is 0 Å². The second-order valence-corrected chi connectivity index (χ2v) is 4.48. The molecule has 1 aliphatic heterocycles. The first-order chi connectivity index (χ1) is 8.22. The molecule has 0 aromatic carbocycles. The largest absolute Gasteiger partial charge is 0.392 e. The highest BCUT2D eigenvalue weighted by molar-refractivity contribution is 5.23. The fourth-order valence-corrected chi connectivity index (χ4v) is 2.24. The molecule has 1 saturated heterocycles. The number of rotatable bonds is 4. The summed E-state index contributed by atoms with van der Waals surface area (Å²) in [6.07, 6.45) is 0. The maximum Gasteiger partial charge on any atom is 0.0718 e. The van der Waals surface area contributed by atoms with Crippen LogP contribution in [-0.2, 0) is 17.9 Å². The molecule has 1 fully saturated rings. The van der Waals surface area contributed by atoms with Crippen molar-refractivity contribution in [1.82, 2.24) is 14.7 Å². The van der Waals surface area contributed by atoms with E-state index in [2.05, 4.69) is 10.00 Å². The number of morpholine rings is 1. The molecule has 5 nitrogen and oxygen atoms in total. The summed E-state index contributed by atoms with van der Waals surface area (Å²) < 4.78 is 7.32. The van der Waals surface area contributed by atoms with Crippen molar-refractivity contribution in [2.45, 2.75) is 27.0 Å². The van der Waals surface area contributed by atoms with Crippen LogP contribution in [0.25, 0.3) is 0 Å². The lowest BCUT2D eigenvalue weighted by molar-refractivity contribution is 0.0359. The molecule has 2 heterocycles. The van der Waals surface area contributed by atoms with Crippen LogP contribution in [0.2, 0.25) is 0 Å². The molecule has 0 atom stereocenters. The molecule has 0 bridgehead atoms. The smallest absolute Gasteiger partial charge is 0.0718 e. The van der Waals surface area contributed by atoms with Crippen LogP contribution in [0.4, 0.5) is 0 Å². The van der Waals surface area contributed by atoms with Gasteiger partial charge in [0.2, 0.25) is 0 Å². The Morgan fingerprint density at radius 3 is 2.53 bits per heavy atom. The SMILES string of the molecule is Cc1nn(CCN2CCOCC2)c(C)c1CO. The summed E-state index contributed by atoms with van der Waals surface area (Å²) in [5.41, 5.74) is 2.98. The Kier molecular flexibility index (Phi) is 4.15. The molecule has 5 heteroatoms. The van der Waals surface area contributed by atoms with Crippen LogP contribution in [0.5, 0.6) is 0 Å². The summed E-state index contributed by atoms with van der Waals surface area (Å²) >= 11 is 0. The van der Waals surface area contributed by atoms with E-state index in [9.17, 15) is 5.11 Å². The third-order valence-corrected chi connectivity index (χ3v) is 3.42. The molecular weight excluding hydrogens is 218 g/mol. The summed E-state index contributed by atoms with van der Waals surface area (Å²) in [7, 11) is 0. The Hall–Kier alpha value is -0.910. The van der Waals surface area contributed by atoms with Crippen molar-refractivity contribution in [3.05, 3.63) is 17.0 Å². The average molecular weight is 239 g/mol. The van der Waals surface area contributed by atoms with Crippen molar-refractivity contribution in [3.63, 3.8) is 0 Å². The maximum absolute atomic E-state index is 9.25. The van der Waals surface area contributed by atoms with Gasteiger partial charge in [0.1, 0.15) is 0 Å². The number of hydrogen-bond donors (Lipinski definition) is 1. The summed E-state index contributed by atoms with van der Waals surface area (Å²) in [6.45, 7) is 9.60. The molecule has 1 aliphatic rings. The van der Waals surface area contributed by atoms with Gasteiger partial charge in [-0.3, -0.25) is 9.58 Å². The molecule has 0 saturated carbocycles. The highest BCUT2D eigenvalue weighted by atomic mass is 16.5. The van der Waals surface area contributed by atoms with Crippen molar-refractivity contribution in [1.29, 1.82) is 0 Å². The molecular formula is C12H21N3O2. The third kappa shape index (κ3) is 2.86. The Balaban J connectivity index is 1.94. The minimum atomic E-state index is 0.0786. The topological polar surface area (TPSA) is 50.5 Å². The van der Waals surface area contributed by atoms with Gasteiger partial charge in [-0.2, -0.15) is 5.10 Å². The first kappa shape index (κ1) is 12.5. The van der Waals surface area contributed by atoms with Crippen molar-refractivity contribution < 1.29 is 9.84 Å². The van der Waals surface area contributed by atoms with E-state index in [1.54, 1.807) is 0 Å². The quantitative estimate of drug-likeness (QED) is 0.822. The number of aromatic nitrogens is 2. The summed E-state index contributed by atoms with van der Waals surface area (Å²) in [5.74, 6) is 0. The van der Waals surface area contributed by atoms with Crippen LogP contribution in [0.15, 0.2) is 0 Å². The van der Waals surface area contributed by atoms with Crippen LogP contribution in [0, 0.1) is 13.8 Å². The molecule has 96 valence electrons. The standard InChI is InChI=1S/C12H21N3O2/c1-10-12(9-16)11(2)15(13-10)4-3-14-5-7-17-8-6-14/h16H,3-9H2,1-2H3. The van der Waals surface area contributed by atoms with Crippen LogP contribution in [-0.4, -0.2) is 52.6 Å². The van der Waals surface area contributed by atoms with E-state index in [1.807, 2.05) is 18.5 Å². The first-order valence-corrected chi connectivity index (χ1v) is 6.16. The normalized spacial score (nSPS) is 17.6. The van der Waals surface area contributed by atoms with Gasteiger partial charge in [0.05, 0.1) is 32.1 Å². The zero-order valence-electron chi connectivity index (χ0n) is 10.6. The molecule has 2 rings (SSSR count). The zero-order chi connectivity index (χ0) is 12.3. The van der Waals surface area contributed by atoms with E-state index in [0.29, 0.717) is 0 Å². The van der Waals surface area contributed by atoms with Gasteiger partial charge < -0.3 is 9.84 Å². The zero-order valence-corrected chi connectivity index (χ0v) is 10.6. The van der Waals surface area contributed by atoms with Crippen LogP contribution in [0.3, 0.4) is 0 Å². The summed E-state index contributed by atoms with van der Waals surface area (Å²) in [6, 6.07) is 0. The molecule has 0 unspecified atom stereocenters. The maximum atomic E-state index is 9.25. The van der Waals surface area contributed by atoms with Gasteiger partial charge in [-0.15, -0.1) is 0 Å². The average Bonchev–Trinajstić information content (AvgIpc) is 2.63. The third-order valence-electron chi connectivity index (χ3n) is 3.42. The number of nitrogens with zero attached hydrogens (tertiary/aromatic N) is 3. The molecule has 1 N–H and O–H groups in total. The predicted octanol–water partition coefficient (Wildman–Crippen LogP) is 0.324. The Labute approximate surface area is 102 Å². The number of aryl methyl sites for hydroxylation is 1. The second-order valence-electron chi connectivity index (χ2n) is 4.48. The fourth-order valence-electron chi connectivity index (χ4n) is 2.24. The van der Waals surface area contributed by atoms with Gasteiger partial charge in [-0.05, 0) is 13.8 Å². The van der Waals surface area contributed by atoms with Gasteiger partial charge in [-0.1, -0.05) is 0 Å².